The average Bonchev–Trinajstić information content (AvgIpc) is 2.16. The molecule has 2 heterocycles. The molecule has 3 N–H and O–H groups in total. The summed E-state index contributed by atoms with van der Waals surface area (Å²) in [5.41, 5.74) is 5.23. The fourth-order valence-corrected chi connectivity index (χ4v) is 1.09. The predicted octanol–water partition coefficient (Wildman–Crippen LogP) is -0.228. The van der Waals surface area contributed by atoms with E-state index in [4.69, 9.17) is 11.0 Å². The smallest absolute Gasteiger partial charge is 0.267 e. The molecule has 0 fully saturated rings. The number of hydrogen-bond donors (Lipinski definition) is 2. The second kappa shape index (κ2) is 2.81. The molecule has 0 saturated carbocycles. The van der Waals surface area contributed by atoms with Crippen molar-refractivity contribution < 1.29 is 0 Å². The molecule has 0 aliphatic carbocycles. The molecule has 68 valence electrons. The monoisotopic (exact) mass is 187 g/mol. The van der Waals surface area contributed by atoms with Gasteiger partial charge >= 0.3 is 0 Å². The highest BCUT2D eigenvalue weighted by atomic mass is 16.1. The summed E-state index contributed by atoms with van der Waals surface area (Å²) in [6.07, 6.45) is 1.45. The zero-order valence-corrected chi connectivity index (χ0v) is 6.98. The van der Waals surface area contributed by atoms with E-state index in [1.165, 1.54) is 12.3 Å². The van der Waals surface area contributed by atoms with E-state index < -0.39 is 5.56 Å². The van der Waals surface area contributed by atoms with E-state index in [-0.39, 0.29) is 11.5 Å². The van der Waals surface area contributed by atoms with Crippen molar-refractivity contribution in [2.45, 2.75) is 0 Å². The van der Waals surface area contributed by atoms with Crippen molar-refractivity contribution in [3.05, 3.63) is 28.2 Å². The van der Waals surface area contributed by atoms with E-state index >= 15 is 0 Å². The number of hydrogen-bond acceptors (Lipinski definition) is 5. The molecule has 14 heavy (non-hydrogen) atoms. The van der Waals surface area contributed by atoms with Crippen LogP contribution in [0.1, 0.15) is 5.56 Å². The Labute approximate surface area is 78.0 Å². The van der Waals surface area contributed by atoms with Crippen molar-refractivity contribution >= 4 is 17.0 Å². The molecule has 2 rings (SSSR count). The van der Waals surface area contributed by atoms with Crippen LogP contribution in [0.4, 0.5) is 5.95 Å². The minimum atomic E-state index is -0.474. The van der Waals surface area contributed by atoms with Crippen LogP contribution in [0.15, 0.2) is 17.1 Å². The Hall–Kier alpha value is -2.42. The van der Waals surface area contributed by atoms with Gasteiger partial charge in [0.2, 0.25) is 5.95 Å². The first-order chi connectivity index (χ1) is 6.70. The van der Waals surface area contributed by atoms with Crippen LogP contribution >= 0.6 is 0 Å². The molecule has 0 bridgehead atoms. The van der Waals surface area contributed by atoms with E-state index in [2.05, 4.69) is 15.0 Å². The fraction of sp³-hybridized carbons (Fsp3) is 0. The minimum Gasteiger partial charge on any atom is -0.368 e. The molecular weight excluding hydrogens is 182 g/mol. The lowest BCUT2D eigenvalue weighted by atomic mass is 10.2. The van der Waals surface area contributed by atoms with Crippen LogP contribution in [0.3, 0.4) is 0 Å². The quantitative estimate of drug-likeness (QED) is 0.592. The molecule has 2 aromatic heterocycles. The van der Waals surface area contributed by atoms with Gasteiger partial charge in [-0.3, -0.25) is 4.79 Å². The largest absolute Gasteiger partial charge is 0.368 e. The van der Waals surface area contributed by atoms with Crippen LogP contribution in [-0.4, -0.2) is 15.0 Å². The Morgan fingerprint density at radius 1 is 1.57 bits per heavy atom. The molecule has 6 heteroatoms. The Bertz CT molecular complexity index is 595. The Morgan fingerprint density at radius 3 is 3.07 bits per heavy atom. The van der Waals surface area contributed by atoms with E-state index in [0.717, 1.165) is 0 Å². The highest BCUT2D eigenvalue weighted by molar-refractivity contribution is 5.75. The van der Waals surface area contributed by atoms with Crippen molar-refractivity contribution in [2.75, 3.05) is 5.73 Å². The molecule has 0 unspecified atom stereocenters. The topological polar surface area (TPSA) is 108 Å². The normalized spacial score (nSPS) is 9.93. The second-order valence-corrected chi connectivity index (χ2v) is 2.66. The molecule has 0 aliphatic heterocycles. The molecule has 2 aromatic rings. The van der Waals surface area contributed by atoms with Gasteiger partial charge in [0.1, 0.15) is 17.3 Å². The van der Waals surface area contributed by atoms with Gasteiger partial charge in [0, 0.05) is 11.6 Å². The number of nitrogens with two attached hydrogens (primary N) is 1. The molecule has 0 atom stereocenters. The lowest BCUT2D eigenvalue weighted by Gasteiger charge is -1.97. The van der Waals surface area contributed by atoms with Crippen LogP contribution in [0.2, 0.25) is 0 Å². The van der Waals surface area contributed by atoms with Crippen molar-refractivity contribution in [3.63, 3.8) is 0 Å². The van der Waals surface area contributed by atoms with Gasteiger partial charge in [0.05, 0.1) is 0 Å². The number of H-pyrrole nitrogens is 1. The first kappa shape index (κ1) is 8.19. The van der Waals surface area contributed by atoms with Crippen LogP contribution < -0.4 is 11.3 Å². The number of pyridine rings is 1. The predicted molar refractivity (Wildman–Crippen MR) is 49.3 cm³/mol. The maximum atomic E-state index is 11.2. The number of nitrogens with one attached hydrogen (secondary N) is 1. The number of fused-ring (bicyclic) bond motifs is 1. The average molecular weight is 187 g/mol. The fourth-order valence-electron chi connectivity index (χ4n) is 1.09. The summed E-state index contributed by atoms with van der Waals surface area (Å²) in [6.45, 7) is 0. The molecule has 0 radical (unpaired) electrons. The van der Waals surface area contributed by atoms with Gasteiger partial charge in [-0.2, -0.15) is 10.2 Å². The third-order valence-electron chi connectivity index (χ3n) is 1.73. The summed E-state index contributed by atoms with van der Waals surface area (Å²) in [7, 11) is 0. The van der Waals surface area contributed by atoms with Gasteiger partial charge in [0.15, 0.2) is 0 Å². The SMILES string of the molecule is N#Cc1cc2cnc(N)nc2[nH]c1=O. The molecule has 0 saturated heterocycles. The highest BCUT2D eigenvalue weighted by Crippen LogP contribution is 2.07. The summed E-state index contributed by atoms with van der Waals surface area (Å²) in [6, 6.07) is 3.20. The third kappa shape index (κ3) is 1.17. The Morgan fingerprint density at radius 2 is 2.36 bits per heavy atom. The lowest BCUT2D eigenvalue weighted by molar-refractivity contribution is 1.16. The number of aromatic nitrogens is 3. The summed E-state index contributed by atoms with van der Waals surface area (Å²) in [4.78, 5) is 21.2. The van der Waals surface area contributed by atoms with Gasteiger partial charge < -0.3 is 10.7 Å². The van der Waals surface area contributed by atoms with Crippen molar-refractivity contribution in [1.29, 1.82) is 5.26 Å². The highest BCUT2D eigenvalue weighted by Gasteiger charge is 2.03. The Kier molecular flexibility index (Phi) is 1.65. The van der Waals surface area contributed by atoms with Crippen LogP contribution in [-0.2, 0) is 0 Å². The lowest BCUT2D eigenvalue weighted by Crippen LogP contribution is -2.11. The molecule has 0 amide bonds. The van der Waals surface area contributed by atoms with Gasteiger partial charge in [-0.15, -0.1) is 0 Å². The maximum Gasteiger partial charge on any atom is 0.267 e. The number of aromatic amines is 1. The van der Waals surface area contributed by atoms with Crippen molar-refractivity contribution in [2.24, 2.45) is 0 Å². The van der Waals surface area contributed by atoms with E-state index in [1.807, 2.05) is 0 Å². The van der Waals surface area contributed by atoms with Gasteiger partial charge in [0.25, 0.3) is 5.56 Å². The third-order valence-corrected chi connectivity index (χ3v) is 1.73. The van der Waals surface area contributed by atoms with Gasteiger partial charge in [-0.1, -0.05) is 0 Å². The number of nitrogen functional groups attached to an aromatic ring is 1. The molecule has 0 spiro atoms. The number of rotatable bonds is 0. The molecule has 0 aromatic carbocycles. The summed E-state index contributed by atoms with van der Waals surface area (Å²) in [5.74, 6) is 0.0813. The zero-order chi connectivity index (χ0) is 10.1. The summed E-state index contributed by atoms with van der Waals surface area (Å²) in [5, 5.41) is 9.18. The van der Waals surface area contributed by atoms with Crippen LogP contribution in [0, 0.1) is 11.3 Å². The molecule has 0 aliphatic rings. The van der Waals surface area contributed by atoms with E-state index in [1.54, 1.807) is 6.07 Å². The molecular formula is C8H5N5O. The second-order valence-electron chi connectivity index (χ2n) is 2.66. The zero-order valence-electron chi connectivity index (χ0n) is 6.98. The van der Waals surface area contributed by atoms with Gasteiger partial charge in [-0.05, 0) is 6.07 Å². The van der Waals surface area contributed by atoms with Crippen LogP contribution in [0.5, 0.6) is 0 Å². The van der Waals surface area contributed by atoms with Crippen LogP contribution in [0.25, 0.3) is 11.0 Å². The summed E-state index contributed by atoms with van der Waals surface area (Å²) < 4.78 is 0. The summed E-state index contributed by atoms with van der Waals surface area (Å²) >= 11 is 0. The van der Waals surface area contributed by atoms with Crippen molar-refractivity contribution in [3.8, 4) is 6.07 Å². The van der Waals surface area contributed by atoms with Crippen molar-refractivity contribution in [1.82, 2.24) is 15.0 Å². The Balaban J connectivity index is 2.88. The van der Waals surface area contributed by atoms with Gasteiger partial charge in [-0.25, -0.2) is 4.98 Å². The number of nitriles is 1. The first-order valence-electron chi connectivity index (χ1n) is 3.76. The molecule has 6 nitrogen and oxygen atoms in total. The number of nitrogens with zero attached hydrogens (tertiary/aromatic N) is 3. The maximum absolute atomic E-state index is 11.2. The van der Waals surface area contributed by atoms with E-state index in [0.29, 0.717) is 11.0 Å². The minimum absolute atomic E-state index is 0.0332. The first-order valence-corrected chi connectivity index (χ1v) is 3.76. The standard InChI is InChI=1S/C8H5N5O/c9-2-4-1-5-3-11-8(10)13-6(5)12-7(4)14/h1,3H,(H3,10,11,12,13,14). The number of anilines is 1. The van der Waals surface area contributed by atoms with E-state index in [9.17, 15) is 4.79 Å².